The molecule has 0 N–H and O–H groups in total. The lowest BCUT2D eigenvalue weighted by Gasteiger charge is -2.11. The molecule has 1 aromatic heterocycles. The highest BCUT2D eigenvalue weighted by Crippen LogP contribution is 2.11. The summed E-state index contributed by atoms with van der Waals surface area (Å²) in [6, 6.07) is 6.12. The van der Waals surface area contributed by atoms with Gasteiger partial charge in [-0.1, -0.05) is 6.07 Å². The Kier molecular flexibility index (Phi) is 2.39. The van der Waals surface area contributed by atoms with E-state index >= 15 is 0 Å². The highest BCUT2D eigenvalue weighted by atomic mass is 14.8. The molecule has 0 fully saturated rings. The van der Waals surface area contributed by atoms with Crippen molar-refractivity contribution < 1.29 is 0 Å². The summed E-state index contributed by atoms with van der Waals surface area (Å²) < 4.78 is 0. The highest BCUT2D eigenvalue weighted by molar-refractivity contribution is 5.99. The summed E-state index contributed by atoms with van der Waals surface area (Å²) in [6.45, 7) is 3.00. The predicted molar refractivity (Wildman–Crippen MR) is 54.2 cm³/mol. The maximum atomic E-state index is 4.49. The fraction of sp³-hybridized carbons (Fsp3) is 0.455. The summed E-state index contributed by atoms with van der Waals surface area (Å²) in [5, 5.41) is 0. The van der Waals surface area contributed by atoms with Crippen LogP contribution in [0.2, 0.25) is 0 Å². The molecule has 2 nitrogen and oxygen atoms in total. The zero-order chi connectivity index (χ0) is 9.10. The molecule has 68 valence electrons. The first-order valence-electron chi connectivity index (χ1n) is 4.83. The van der Waals surface area contributed by atoms with Gasteiger partial charge in [-0.3, -0.25) is 9.98 Å². The molecule has 1 aliphatic heterocycles. The molecule has 0 radical (unpaired) electrons. The van der Waals surface area contributed by atoms with Gasteiger partial charge in [-0.2, -0.15) is 0 Å². The van der Waals surface area contributed by atoms with Crippen molar-refractivity contribution in [2.75, 3.05) is 6.54 Å². The number of aliphatic imine (C=N–C) groups is 1. The van der Waals surface area contributed by atoms with Gasteiger partial charge in [0.05, 0.1) is 11.4 Å². The fourth-order valence-electron chi connectivity index (χ4n) is 1.61. The van der Waals surface area contributed by atoms with E-state index in [1.165, 1.54) is 18.6 Å². The van der Waals surface area contributed by atoms with Gasteiger partial charge >= 0.3 is 0 Å². The molecule has 0 aliphatic carbocycles. The minimum absolute atomic E-state index is 0.977. The molecule has 1 aliphatic rings. The van der Waals surface area contributed by atoms with E-state index in [0.29, 0.717) is 0 Å². The lowest BCUT2D eigenvalue weighted by atomic mass is 10.1. The van der Waals surface area contributed by atoms with Crippen molar-refractivity contribution >= 4 is 5.71 Å². The topological polar surface area (TPSA) is 25.2 Å². The van der Waals surface area contributed by atoms with Crippen molar-refractivity contribution in [2.24, 2.45) is 4.99 Å². The van der Waals surface area contributed by atoms with Crippen molar-refractivity contribution in [3.63, 3.8) is 0 Å². The molecule has 0 saturated carbocycles. The Balaban J connectivity index is 2.29. The molecular formula is C11H14N2. The largest absolute Gasteiger partial charge is 0.288 e. The minimum atomic E-state index is 0.977. The standard InChI is InChI=1S/C11H14N2/c1-9-5-4-7-11(13-9)10-6-2-3-8-12-10/h4-5,7H,2-3,6,8H2,1H3. The molecule has 0 bridgehead atoms. The molecule has 0 aromatic carbocycles. The van der Waals surface area contributed by atoms with E-state index in [1.807, 2.05) is 13.0 Å². The molecular weight excluding hydrogens is 160 g/mol. The van der Waals surface area contributed by atoms with Crippen LogP contribution in [0, 0.1) is 6.92 Å². The first-order valence-corrected chi connectivity index (χ1v) is 4.83. The zero-order valence-electron chi connectivity index (χ0n) is 7.95. The Morgan fingerprint density at radius 2 is 2.15 bits per heavy atom. The zero-order valence-corrected chi connectivity index (χ0v) is 7.95. The van der Waals surface area contributed by atoms with Gasteiger partial charge in [-0.25, -0.2) is 0 Å². The third-order valence-electron chi connectivity index (χ3n) is 2.31. The molecule has 0 unspecified atom stereocenters. The van der Waals surface area contributed by atoms with Gasteiger partial charge in [0.15, 0.2) is 0 Å². The Hall–Kier alpha value is -1.18. The normalized spacial score (nSPS) is 16.8. The summed E-state index contributed by atoms with van der Waals surface area (Å²) >= 11 is 0. The monoisotopic (exact) mass is 174 g/mol. The van der Waals surface area contributed by atoms with Crippen LogP contribution in [0.4, 0.5) is 0 Å². The van der Waals surface area contributed by atoms with E-state index in [1.54, 1.807) is 0 Å². The number of aromatic nitrogens is 1. The van der Waals surface area contributed by atoms with Gasteiger partial charge in [0.1, 0.15) is 0 Å². The van der Waals surface area contributed by atoms with E-state index in [-0.39, 0.29) is 0 Å². The molecule has 13 heavy (non-hydrogen) atoms. The molecule has 1 aromatic rings. The summed E-state index contributed by atoms with van der Waals surface area (Å²) in [5.74, 6) is 0. The van der Waals surface area contributed by atoms with Crippen LogP contribution in [-0.4, -0.2) is 17.2 Å². The number of nitrogens with zero attached hydrogens (tertiary/aromatic N) is 2. The van der Waals surface area contributed by atoms with E-state index in [4.69, 9.17) is 0 Å². The van der Waals surface area contributed by atoms with Crippen LogP contribution < -0.4 is 0 Å². The SMILES string of the molecule is Cc1cccc(C2=NCCCC2)n1. The van der Waals surface area contributed by atoms with Crippen LogP contribution in [0.5, 0.6) is 0 Å². The van der Waals surface area contributed by atoms with Crippen molar-refractivity contribution in [3.8, 4) is 0 Å². The molecule has 0 spiro atoms. The van der Waals surface area contributed by atoms with E-state index in [2.05, 4.69) is 22.1 Å². The Morgan fingerprint density at radius 3 is 2.85 bits per heavy atom. The van der Waals surface area contributed by atoms with Crippen LogP contribution in [0.1, 0.15) is 30.7 Å². The number of rotatable bonds is 1. The molecule has 0 amide bonds. The van der Waals surface area contributed by atoms with Crippen molar-refractivity contribution in [3.05, 3.63) is 29.6 Å². The third kappa shape index (κ3) is 1.94. The summed E-state index contributed by atoms with van der Waals surface area (Å²) in [4.78, 5) is 8.96. The van der Waals surface area contributed by atoms with E-state index in [0.717, 1.165) is 24.4 Å². The van der Waals surface area contributed by atoms with Gasteiger partial charge < -0.3 is 0 Å². The van der Waals surface area contributed by atoms with Gasteiger partial charge in [-0.15, -0.1) is 0 Å². The lowest BCUT2D eigenvalue weighted by molar-refractivity contribution is 0.736. The molecule has 0 saturated heterocycles. The predicted octanol–water partition coefficient (Wildman–Crippen LogP) is 2.36. The lowest BCUT2D eigenvalue weighted by Crippen LogP contribution is -2.09. The first-order chi connectivity index (χ1) is 6.36. The number of hydrogen-bond donors (Lipinski definition) is 0. The Morgan fingerprint density at radius 1 is 1.23 bits per heavy atom. The minimum Gasteiger partial charge on any atom is -0.288 e. The number of pyridine rings is 1. The van der Waals surface area contributed by atoms with Gasteiger partial charge in [0.25, 0.3) is 0 Å². The summed E-state index contributed by atoms with van der Waals surface area (Å²) in [5.41, 5.74) is 3.33. The van der Waals surface area contributed by atoms with Gasteiger partial charge in [0.2, 0.25) is 0 Å². The van der Waals surface area contributed by atoms with Crippen molar-refractivity contribution in [1.29, 1.82) is 0 Å². The summed E-state index contributed by atoms with van der Waals surface area (Å²) in [7, 11) is 0. The molecule has 2 rings (SSSR count). The van der Waals surface area contributed by atoms with Crippen LogP contribution in [0.15, 0.2) is 23.2 Å². The Labute approximate surface area is 78.7 Å². The van der Waals surface area contributed by atoms with Crippen LogP contribution in [-0.2, 0) is 0 Å². The van der Waals surface area contributed by atoms with E-state index < -0.39 is 0 Å². The second-order valence-electron chi connectivity index (χ2n) is 3.45. The van der Waals surface area contributed by atoms with Crippen molar-refractivity contribution in [2.45, 2.75) is 26.2 Å². The second kappa shape index (κ2) is 3.69. The van der Waals surface area contributed by atoms with Crippen LogP contribution in [0.25, 0.3) is 0 Å². The molecule has 2 heteroatoms. The average Bonchev–Trinajstić information content (AvgIpc) is 2.19. The second-order valence-corrected chi connectivity index (χ2v) is 3.45. The summed E-state index contributed by atoms with van der Waals surface area (Å²) in [6.07, 6.45) is 3.58. The molecule has 2 heterocycles. The fourth-order valence-corrected chi connectivity index (χ4v) is 1.61. The van der Waals surface area contributed by atoms with Crippen LogP contribution >= 0.6 is 0 Å². The van der Waals surface area contributed by atoms with Gasteiger partial charge in [-0.05, 0) is 38.3 Å². The quantitative estimate of drug-likeness (QED) is 0.641. The first kappa shape index (κ1) is 8.42. The number of aryl methyl sites for hydroxylation is 1. The average molecular weight is 174 g/mol. The Bertz CT molecular complexity index is 329. The molecule has 0 atom stereocenters. The smallest absolute Gasteiger partial charge is 0.0843 e. The van der Waals surface area contributed by atoms with Crippen molar-refractivity contribution in [1.82, 2.24) is 4.98 Å². The van der Waals surface area contributed by atoms with Gasteiger partial charge in [0, 0.05) is 12.2 Å². The number of hydrogen-bond acceptors (Lipinski definition) is 2. The van der Waals surface area contributed by atoms with E-state index in [9.17, 15) is 0 Å². The van der Waals surface area contributed by atoms with Crippen LogP contribution in [0.3, 0.4) is 0 Å². The maximum Gasteiger partial charge on any atom is 0.0843 e. The third-order valence-corrected chi connectivity index (χ3v) is 2.31. The highest BCUT2D eigenvalue weighted by Gasteiger charge is 2.08. The maximum absolute atomic E-state index is 4.49.